The van der Waals surface area contributed by atoms with Gasteiger partial charge in [-0.3, -0.25) is 4.79 Å². The molecule has 7 heteroatoms. The second kappa shape index (κ2) is 7.93. The van der Waals surface area contributed by atoms with Crippen LogP contribution in [0, 0.1) is 0 Å². The lowest BCUT2D eigenvalue weighted by molar-refractivity contribution is 0.0908. The summed E-state index contributed by atoms with van der Waals surface area (Å²) in [5.74, 6) is 1.37. The van der Waals surface area contributed by atoms with Gasteiger partial charge in [0.25, 0.3) is 0 Å². The Morgan fingerprint density at radius 3 is 2.37 bits per heavy atom. The molecule has 140 valence electrons. The predicted octanol–water partition coefficient (Wildman–Crippen LogP) is 1.89. The molecule has 2 aromatic carbocycles. The van der Waals surface area contributed by atoms with E-state index < -0.39 is 5.91 Å². The summed E-state index contributed by atoms with van der Waals surface area (Å²) in [7, 11) is 0. The number of benzene rings is 2. The molecule has 0 saturated carbocycles. The molecule has 27 heavy (non-hydrogen) atoms. The first-order valence-electron chi connectivity index (χ1n) is 8.80. The van der Waals surface area contributed by atoms with E-state index in [1.54, 1.807) is 24.0 Å². The maximum Gasteiger partial charge on any atom is 0.409 e. The van der Waals surface area contributed by atoms with Gasteiger partial charge in [0.15, 0.2) is 5.94 Å². The molecule has 1 heterocycles. The van der Waals surface area contributed by atoms with Crippen LogP contribution in [0.15, 0.2) is 36.4 Å². The number of nitrogens with two attached hydrogens (primary N) is 1. The molecule has 3 rings (SSSR count). The van der Waals surface area contributed by atoms with Crippen molar-refractivity contribution in [2.45, 2.75) is 6.92 Å². The molecule has 0 radical (unpaired) electrons. The predicted molar refractivity (Wildman–Crippen MR) is 102 cm³/mol. The summed E-state index contributed by atoms with van der Waals surface area (Å²) in [4.78, 5) is 39.2. The molecule has 1 aliphatic rings. The quantitative estimate of drug-likeness (QED) is 0.833. The van der Waals surface area contributed by atoms with E-state index in [0.29, 0.717) is 49.3 Å². The van der Waals surface area contributed by atoms with Crippen molar-refractivity contribution in [1.29, 1.82) is 0 Å². The van der Waals surface area contributed by atoms with Gasteiger partial charge in [-0.2, -0.15) is 0 Å². The minimum Gasteiger partial charge on any atom is -0.450 e. The summed E-state index contributed by atoms with van der Waals surface area (Å²) in [6.07, 6.45) is -0.364. The van der Waals surface area contributed by atoms with E-state index in [-0.39, 0.29) is 11.8 Å². The molecule has 0 unspecified atom stereocenters. The van der Waals surface area contributed by atoms with Crippen molar-refractivity contribution >= 4 is 34.4 Å². The van der Waals surface area contributed by atoms with E-state index in [1.807, 2.05) is 35.1 Å². The van der Waals surface area contributed by atoms with E-state index in [9.17, 15) is 14.4 Å². The van der Waals surface area contributed by atoms with E-state index in [0.717, 1.165) is 5.39 Å². The van der Waals surface area contributed by atoms with E-state index >= 15 is 0 Å². The SMILES string of the molecule is CCOC(=O)N1CCN(C(=C=O)c2ccc3ccccc3c2C(N)=O)CC1. The Morgan fingerprint density at radius 2 is 1.74 bits per heavy atom. The average molecular weight is 367 g/mol. The second-order valence-corrected chi connectivity index (χ2v) is 6.20. The fourth-order valence-corrected chi connectivity index (χ4v) is 3.35. The zero-order valence-corrected chi connectivity index (χ0v) is 15.1. The van der Waals surface area contributed by atoms with Gasteiger partial charge in [0.2, 0.25) is 5.91 Å². The van der Waals surface area contributed by atoms with Crippen LogP contribution < -0.4 is 5.73 Å². The molecule has 1 fully saturated rings. The Labute approximate surface area is 157 Å². The Balaban J connectivity index is 1.92. The van der Waals surface area contributed by atoms with Crippen LogP contribution in [0.25, 0.3) is 16.5 Å². The fraction of sp³-hybridized carbons (Fsp3) is 0.300. The van der Waals surface area contributed by atoms with Crippen molar-refractivity contribution in [3.63, 3.8) is 0 Å². The molecular weight excluding hydrogens is 346 g/mol. The first kappa shape index (κ1) is 18.5. The third-order valence-electron chi connectivity index (χ3n) is 4.65. The summed E-state index contributed by atoms with van der Waals surface area (Å²) in [5, 5.41) is 1.56. The highest BCUT2D eigenvalue weighted by Crippen LogP contribution is 2.28. The monoisotopic (exact) mass is 367 g/mol. The lowest BCUT2D eigenvalue weighted by atomic mass is 9.96. The lowest BCUT2D eigenvalue weighted by Gasteiger charge is -2.35. The highest BCUT2D eigenvalue weighted by atomic mass is 16.6. The zero-order valence-electron chi connectivity index (χ0n) is 15.1. The van der Waals surface area contributed by atoms with Crippen LogP contribution in [0.1, 0.15) is 22.8 Å². The summed E-state index contributed by atoms with van der Waals surface area (Å²) >= 11 is 0. The number of rotatable bonds is 4. The maximum atomic E-state index is 12.1. The van der Waals surface area contributed by atoms with Crippen LogP contribution in [-0.2, 0) is 9.53 Å². The molecule has 2 amide bonds. The highest BCUT2D eigenvalue weighted by Gasteiger charge is 2.26. The zero-order chi connectivity index (χ0) is 19.4. The van der Waals surface area contributed by atoms with Gasteiger partial charge < -0.3 is 20.3 Å². The van der Waals surface area contributed by atoms with Gasteiger partial charge >= 0.3 is 6.09 Å². The lowest BCUT2D eigenvalue weighted by Crippen LogP contribution is -2.48. The van der Waals surface area contributed by atoms with Crippen molar-refractivity contribution in [2.24, 2.45) is 5.73 Å². The summed E-state index contributed by atoms with van der Waals surface area (Å²) in [6, 6.07) is 11.0. The van der Waals surface area contributed by atoms with Crippen LogP contribution in [0.5, 0.6) is 0 Å². The second-order valence-electron chi connectivity index (χ2n) is 6.20. The number of primary amides is 1. The average Bonchev–Trinajstić information content (AvgIpc) is 2.68. The number of fused-ring (bicyclic) bond motifs is 1. The van der Waals surface area contributed by atoms with Crippen molar-refractivity contribution in [1.82, 2.24) is 9.80 Å². The Bertz CT molecular complexity index is 926. The minimum absolute atomic E-state index is 0.276. The number of nitrogens with zero attached hydrogens (tertiary/aromatic N) is 2. The third-order valence-corrected chi connectivity index (χ3v) is 4.65. The number of hydrogen-bond donors (Lipinski definition) is 1. The highest BCUT2D eigenvalue weighted by molar-refractivity contribution is 6.11. The van der Waals surface area contributed by atoms with Gasteiger partial charge in [0.05, 0.1) is 12.2 Å². The van der Waals surface area contributed by atoms with Gasteiger partial charge in [-0.25, -0.2) is 9.59 Å². The van der Waals surface area contributed by atoms with Crippen molar-refractivity contribution in [2.75, 3.05) is 32.8 Å². The number of hydrogen-bond acceptors (Lipinski definition) is 5. The molecule has 0 spiro atoms. The Kier molecular flexibility index (Phi) is 5.43. The molecule has 7 nitrogen and oxygen atoms in total. The Morgan fingerprint density at radius 1 is 1.07 bits per heavy atom. The number of piperazine rings is 1. The molecule has 2 aromatic rings. The van der Waals surface area contributed by atoms with Gasteiger partial charge in [-0.1, -0.05) is 36.4 Å². The Hall–Kier alpha value is -3.31. The third kappa shape index (κ3) is 3.64. The number of carbonyl (C=O) groups excluding carboxylic acids is 3. The molecule has 2 N–H and O–H groups in total. The van der Waals surface area contributed by atoms with E-state index in [1.165, 1.54) is 0 Å². The largest absolute Gasteiger partial charge is 0.450 e. The van der Waals surface area contributed by atoms with E-state index in [2.05, 4.69) is 0 Å². The minimum atomic E-state index is -0.597. The topological polar surface area (TPSA) is 92.9 Å². The summed E-state index contributed by atoms with van der Waals surface area (Å²) in [6.45, 7) is 3.79. The molecule has 1 saturated heterocycles. The molecule has 1 aliphatic heterocycles. The van der Waals surface area contributed by atoms with Gasteiger partial charge in [-0.15, -0.1) is 0 Å². The summed E-state index contributed by atoms with van der Waals surface area (Å²) < 4.78 is 5.01. The summed E-state index contributed by atoms with van der Waals surface area (Å²) in [5.41, 5.74) is 6.67. The molecule has 0 aromatic heterocycles. The van der Waals surface area contributed by atoms with Crippen molar-refractivity contribution in [3.05, 3.63) is 47.5 Å². The molecule has 0 atom stereocenters. The smallest absolute Gasteiger partial charge is 0.409 e. The standard InChI is InChI=1S/C20H21N3O4/c1-2-27-20(26)23-11-9-22(10-12-23)17(13-24)16-8-7-14-5-3-4-6-15(14)18(16)19(21)25/h3-8H,2,9-12H2,1H3,(H2,21,25). The molecule has 0 bridgehead atoms. The molecule has 0 aliphatic carbocycles. The van der Waals surface area contributed by atoms with Crippen molar-refractivity contribution < 1.29 is 19.1 Å². The number of ether oxygens (including phenoxy) is 1. The van der Waals surface area contributed by atoms with Crippen molar-refractivity contribution in [3.8, 4) is 0 Å². The van der Waals surface area contributed by atoms with Crippen LogP contribution in [-0.4, -0.2) is 60.5 Å². The van der Waals surface area contributed by atoms with Gasteiger partial charge in [0, 0.05) is 31.7 Å². The first-order chi connectivity index (χ1) is 13.1. The normalized spacial score (nSPS) is 14.0. The van der Waals surface area contributed by atoms with Gasteiger partial charge in [0.1, 0.15) is 5.70 Å². The van der Waals surface area contributed by atoms with Gasteiger partial charge in [-0.05, 0) is 17.7 Å². The van der Waals surface area contributed by atoms with Crippen LogP contribution in [0.3, 0.4) is 0 Å². The number of amides is 2. The van der Waals surface area contributed by atoms with Crippen LogP contribution >= 0.6 is 0 Å². The molecular formula is C20H21N3O4. The van der Waals surface area contributed by atoms with Crippen LogP contribution in [0.4, 0.5) is 4.79 Å². The number of carbonyl (C=O) groups is 2. The van der Waals surface area contributed by atoms with Crippen LogP contribution in [0.2, 0.25) is 0 Å². The first-order valence-corrected chi connectivity index (χ1v) is 8.80. The van der Waals surface area contributed by atoms with E-state index in [4.69, 9.17) is 10.5 Å². The maximum absolute atomic E-state index is 12.1. The fourth-order valence-electron chi connectivity index (χ4n) is 3.35.